The molecule has 1 amide bonds. The van der Waals surface area contributed by atoms with Crippen molar-refractivity contribution >= 4 is 23.5 Å². The lowest BCUT2D eigenvalue weighted by atomic mass is 9.82. The summed E-state index contributed by atoms with van der Waals surface area (Å²) in [6.45, 7) is 0.666. The molecule has 16 heavy (non-hydrogen) atoms. The van der Waals surface area contributed by atoms with Gasteiger partial charge in [-0.2, -0.15) is 0 Å². The summed E-state index contributed by atoms with van der Waals surface area (Å²) >= 11 is 5.38. The number of halogens is 1. The van der Waals surface area contributed by atoms with E-state index in [0.717, 1.165) is 25.7 Å². The highest BCUT2D eigenvalue weighted by atomic mass is 35.5. The highest BCUT2D eigenvalue weighted by Gasteiger charge is 2.26. The molecule has 0 radical (unpaired) electrons. The summed E-state index contributed by atoms with van der Waals surface area (Å²) in [6, 6.07) is 0. The molecule has 0 aromatic carbocycles. The third-order valence-corrected chi connectivity index (χ3v) is 3.33. The molecule has 0 bridgehead atoms. The van der Waals surface area contributed by atoms with E-state index in [1.165, 1.54) is 7.11 Å². The molecule has 4 nitrogen and oxygen atoms in total. The molecular formula is C11H18ClNO3. The maximum atomic E-state index is 11.3. The molecule has 1 N–H and O–H groups in total. The lowest BCUT2D eigenvalue weighted by Gasteiger charge is -2.26. The predicted molar refractivity (Wildman–Crippen MR) is 61.2 cm³/mol. The van der Waals surface area contributed by atoms with Gasteiger partial charge in [0.1, 0.15) is 5.88 Å². The molecule has 1 saturated carbocycles. The summed E-state index contributed by atoms with van der Waals surface area (Å²) < 4.78 is 4.71. The molecule has 0 aromatic heterocycles. The van der Waals surface area contributed by atoms with Gasteiger partial charge < -0.3 is 10.1 Å². The number of hydrogen-bond donors (Lipinski definition) is 1. The fourth-order valence-electron chi connectivity index (χ4n) is 2.07. The highest BCUT2D eigenvalue weighted by molar-refractivity contribution is 6.27. The summed E-state index contributed by atoms with van der Waals surface area (Å²) in [4.78, 5) is 22.2. The topological polar surface area (TPSA) is 55.4 Å². The zero-order valence-corrected chi connectivity index (χ0v) is 10.3. The van der Waals surface area contributed by atoms with Gasteiger partial charge in [0.05, 0.1) is 13.0 Å². The Morgan fingerprint density at radius 2 is 1.94 bits per heavy atom. The zero-order valence-electron chi connectivity index (χ0n) is 9.50. The van der Waals surface area contributed by atoms with Crippen LogP contribution in [0.1, 0.15) is 25.7 Å². The fourth-order valence-corrected chi connectivity index (χ4v) is 2.17. The average Bonchev–Trinajstić information content (AvgIpc) is 2.35. The van der Waals surface area contributed by atoms with Crippen molar-refractivity contribution in [3.05, 3.63) is 0 Å². The van der Waals surface area contributed by atoms with Gasteiger partial charge >= 0.3 is 5.97 Å². The lowest BCUT2D eigenvalue weighted by molar-refractivity contribution is -0.146. The molecule has 0 aliphatic heterocycles. The molecule has 0 aromatic rings. The van der Waals surface area contributed by atoms with Crippen molar-refractivity contribution in [3.8, 4) is 0 Å². The fraction of sp³-hybridized carbons (Fsp3) is 0.818. The van der Waals surface area contributed by atoms with E-state index in [4.69, 9.17) is 16.3 Å². The van der Waals surface area contributed by atoms with E-state index in [2.05, 4.69) is 5.32 Å². The van der Waals surface area contributed by atoms with Crippen molar-refractivity contribution in [2.45, 2.75) is 25.7 Å². The van der Waals surface area contributed by atoms with Gasteiger partial charge in [-0.15, -0.1) is 11.6 Å². The van der Waals surface area contributed by atoms with Gasteiger partial charge in [0.2, 0.25) is 5.91 Å². The van der Waals surface area contributed by atoms with E-state index in [1.807, 2.05) is 0 Å². The van der Waals surface area contributed by atoms with E-state index in [-0.39, 0.29) is 23.7 Å². The third-order valence-electron chi connectivity index (χ3n) is 3.09. The second-order valence-electron chi connectivity index (χ2n) is 4.18. The first-order valence-electron chi connectivity index (χ1n) is 5.57. The minimum absolute atomic E-state index is 0.0114. The van der Waals surface area contributed by atoms with E-state index in [0.29, 0.717) is 12.5 Å². The van der Waals surface area contributed by atoms with Gasteiger partial charge in [-0.25, -0.2) is 0 Å². The zero-order chi connectivity index (χ0) is 12.0. The van der Waals surface area contributed by atoms with Crippen LogP contribution in [0.25, 0.3) is 0 Å². The molecule has 1 rings (SSSR count). The van der Waals surface area contributed by atoms with Crippen LogP contribution >= 0.6 is 11.6 Å². The predicted octanol–water partition coefficient (Wildman–Crippen LogP) is 1.32. The molecular weight excluding hydrogens is 230 g/mol. The largest absolute Gasteiger partial charge is 0.469 e. The number of hydrogen-bond acceptors (Lipinski definition) is 3. The standard InChI is InChI=1S/C11H18ClNO3/c1-16-11(15)9-4-2-8(3-5-9)7-13-10(14)6-12/h8-9H,2-7H2,1H3,(H,13,14). The van der Waals surface area contributed by atoms with Crippen LogP contribution in [-0.2, 0) is 14.3 Å². The first-order valence-corrected chi connectivity index (χ1v) is 6.11. The number of ether oxygens (including phenoxy) is 1. The Morgan fingerprint density at radius 3 is 2.44 bits per heavy atom. The molecule has 0 atom stereocenters. The number of alkyl halides is 1. The van der Waals surface area contributed by atoms with E-state index < -0.39 is 0 Å². The third kappa shape index (κ3) is 4.00. The Morgan fingerprint density at radius 1 is 1.31 bits per heavy atom. The van der Waals surface area contributed by atoms with Crippen molar-refractivity contribution in [1.82, 2.24) is 5.32 Å². The van der Waals surface area contributed by atoms with Crippen LogP contribution in [0.5, 0.6) is 0 Å². The van der Waals surface area contributed by atoms with Crippen molar-refractivity contribution in [2.24, 2.45) is 11.8 Å². The molecule has 1 aliphatic carbocycles. The molecule has 92 valence electrons. The minimum Gasteiger partial charge on any atom is -0.469 e. The highest BCUT2D eigenvalue weighted by Crippen LogP contribution is 2.28. The molecule has 0 saturated heterocycles. The summed E-state index contributed by atoms with van der Waals surface area (Å²) in [7, 11) is 1.43. The Hall–Kier alpha value is -0.770. The van der Waals surface area contributed by atoms with Crippen LogP contribution in [0.4, 0.5) is 0 Å². The summed E-state index contributed by atoms with van der Waals surface area (Å²) in [6.07, 6.45) is 3.63. The molecule has 0 heterocycles. The van der Waals surface area contributed by atoms with Gasteiger partial charge in [-0.05, 0) is 31.6 Å². The molecule has 1 aliphatic rings. The van der Waals surface area contributed by atoms with Crippen LogP contribution in [0.2, 0.25) is 0 Å². The number of rotatable bonds is 4. The Kier molecular flexibility index (Phi) is 5.60. The second-order valence-corrected chi connectivity index (χ2v) is 4.45. The van der Waals surface area contributed by atoms with E-state index >= 15 is 0 Å². The van der Waals surface area contributed by atoms with Crippen LogP contribution in [0.15, 0.2) is 0 Å². The van der Waals surface area contributed by atoms with Gasteiger partial charge in [-0.1, -0.05) is 0 Å². The van der Waals surface area contributed by atoms with Gasteiger partial charge in [-0.3, -0.25) is 9.59 Å². The lowest BCUT2D eigenvalue weighted by Crippen LogP contribution is -2.33. The molecule has 0 unspecified atom stereocenters. The van der Waals surface area contributed by atoms with Crippen LogP contribution < -0.4 is 5.32 Å². The van der Waals surface area contributed by atoms with E-state index in [1.54, 1.807) is 0 Å². The first kappa shape index (κ1) is 13.3. The second kappa shape index (κ2) is 6.74. The monoisotopic (exact) mass is 247 g/mol. The molecule has 1 fully saturated rings. The Bertz CT molecular complexity index is 250. The summed E-state index contributed by atoms with van der Waals surface area (Å²) in [5.41, 5.74) is 0. The number of carbonyl (C=O) groups excluding carboxylic acids is 2. The number of methoxy groups -OCH3 is 1. The number of carbonyl (C=O) groups is 2. The number of esters is 1. The van der Waals surface area contributed by atoms with E-state index in [9.17, 15) is 9.59 Å². The summed E-state index contributed by atoms with van der Waals surface area (Å²) in [5.74, 6) is 0.287. The molecule has 0 spiro atoms. The van der Waals surface area contributed by atoms with Crippen molar-refractivity contribution in [3.63, 3.8) is 0 Å². The quantitative estimate of drug-likeness (QED) is 0.602. The van der Waals surface area contributed by atoms with Crippen molar-refractivity contribution < 1.29 is 14.3 Å². The van der Waals surface area contributed by atoms with Crippen LogP contribution in [0.3, 0.4) is 0 Å². The van der Waals surface area contributed by atoms with Gasteiger partial charge in [0.25, 0.3) is 0 Å². The first-order chi connectivity index (χ1) is 7.67. The summed E-state index contributed by atoms with van der Waals surface area (Å²) in [5, 5.41) is 2.77. The number of amides is 1. The Balaban J connectivity index is 2.22. The minimum atomic E-state index is -0.128. The smallest absolute Gasteiger partial charge is 0.308 e. The van der Waals surface area contributed by atoms with Crippen LogP contribution in [0, 0.1) is 11.8 Å². The van der Waals surface area contributed by atoms with Gasteiger partial charge in [0.15, 0.2) is 0 Å². The maximum Gasteiger partial charge on any atom is 0.308 e. The number of nitrogens with one attached hydrogen (secondary N) is 1. The van der Waals surface area contributed by atoms with Gasteiger partial charge in [0, 0.05) is 6.54 Å². The maximum absolute atomic E-state index is 11.3. The SMILES string of the molecule is COC(=O)C1CCC(CNC(=O)CCl)CC1. The normalized spacial score (nSPS) is 24.9. The average molecular weight is 248 g/mol. The molecule has 5 heteroatoms. The van der Waals surface area contributed by atoms with Crippen molar-refractivity contribution in [1.29, 1.82) is 0 Å². The van der Waals surface area contributed by atoms with Crippen molar-refractivity contribution in [2.75, 3.05) is 19.5 Å². The van der Waals surface area contributed by atoms with Crippen LogP contribution in [-0.4, -0.2) is 31.4 Å². The Labute approximate surface area is 101 Å².